The van der Waals surface area contributed by atoms with Gasteiger partial charge in [-0.1, -0.05) is 30.3 Å². The number of rotatable bonds is 5. The third-order valence-electron chi connectivity index (χ3n) is 4.98. The molecule has 1 saturated heterocycles. The van der Waals surface area contributed by atoms with Crippen LogP contribution in [0.4, 0.5) is 21.0 Å². The van der Waals surface area contributed by atoms with E-state index in [-0.39, 0.29) is 24.0 Å². The van der Waals surface area contributed by atoms with Crippen LogP contribution in [-0.2, 0) is 16.1 Å². The van der Waals surface area contributed by atoms with Crippen molar-refractivity contribution in [2.45, 2.75) is 33.0 Å². The molecule has 2 aromatic carbocycles. The molecule has 1 aliphatic heterocycles. The molecule has 2 aromatic rings. The number of nitrogens with one attached hydrogen (secondary N) is 1. The van der Waals surface area contributed by atoms with Crippen LogP contribution in [0.1, 0.15) is 36.7 Å². The Bertz CT molecular complexity index is 995. The molecule has 2 N–H and O–H groups in total. The third kappa shape index (κ3) is 6.86. The van der Waals surface area contributed by atoms with Gasteiger partial charge < -0.3 is 24.4 Å². The minimum Gasteiger partial charge on any atom is -0.478 e. The van der Waals surface area contributed by atoms with Crippen molar-refractivity contribution in [3.63, 3.8) is 0 Å². The smallest absolute Gasteiger partial charge is 0.411 e. The predicted molar refractivity (Wildman–Crippen MR) is 124 cm³/mol. The van der Waals surface area contributed by atoms with Crippen LogP contribution in [0.15, 0.2) is 48.5 Å². The van der Waals surface area contributed by atoms with Crippen LogP contribution in [0.5, 0.6) is 0 Å². The molecule has 9 heteroatoms. The minimum absolute atomic E-state index is 0.0391. The van der Waals surface area contributed by atoms with E-state index < -0.39 is 17.7 Å². The summed E-state index contributed by atoms with van der Waals surface area (Å²) in [4.78, 5) is 39.9. The number of anilines is 2. The monoisotopic (exact) mass is 455 g/mol. The number of piperazine rings is 1. The summed E-state index contributed by atoms with van der Waals surface area (Å²) >= 11 is 0. The SMILES string of the molecule is CC(C)(C)OC(=O)N1CCN(c2ccc(C(=O)O)c(NC(=O)OCc3ccccc3)c2)CC1. The first-order valence-electron chi connectivity index (χ1n) is 10.7. The van der Waals surface area contributed by atoms with Gasteiger partial charge in [-0.05, 0) is 44.5 Å². The number of carboxylic acid groups (broad SMARTS) is 1. The third-order valence-corrected chi connectivity index (χ3v) is 4.98. The summed E-state index contributed by atoms with van der Waals surface area (Å²) in [6.45, 7) is 7.57. The van der Waals surface area contributed by atoms with E-state index in [0.717, 1.165) is 11.3 Å². The van der Waals surface area contributed by atoms with Crippen molar-refractivity contribution in [3.8, 4) is 0 Å². The number of benzene rings is 2. The van der Waals surface area contributed by atoms with Gasteiger partial charge in [-0.25, -0.2) is 14.4 Å². The van der Waals surface area contributed by atoms with E-state index in [2.05, 4.69) is 5.32 Å². The van der Waals surface area contributed by atoms with Gasteiger partial charge in [0.2, 0.25) is 0 Å². The topological polar surface area (TPSA) is 108 Å². The average molecular weight is 456 g/mol. The van der Waals surface area contributed by atoms with E-state index in [1.54, 1.807) is 17.0 Å². The molecule has 2 amide bonds. The maximum atomic E-state index is 12.3. The first kappa shape index (κ1) is 23.9. The summed E-state index contributed by atoms with van der Waals surface area (Å²) in [5.41, 5.74) is 1.11. The zero-order chi connectivity index (χ0) is 24.0. The Kier molecular flexibility index (Phi) is 7.42. The van der Waals surface area contributed by atoms with Gasteiger partial charge in [-0.2, -0.15) is 0 Å². The Morgan fingerprint density at radius 2 is 1.67 bits per heavy atom. The molecule has 0 spiro atoms. The zero-order valence-corrected chi connectivity index (χ0v) is 19.0. The lowest BCUT2D eigenvalue weighted by Gasteiger charge is -2.37. The normalized spacial score (nSPS) is 13.9. The number of hydrogen-bond acceptors (Lipinski definition) is 6. The molecule has 3 rings (SSSR count). The van der Waals surface area contributed by atoms with Crippen molar-refractivity contribution in [1.82, 2.24) is 4.90 Å². The highest BCUT2D eigenvalue weighted by Gasteiger charge is 2.26. The van der Waals surface area contributed by atoms with Crippen LogP contribution in [-0.4, -0.2) is 59.9 Å². The summed E-state index contributed by atoms with van der Waals surface area (Å²) in [7, 11) is 0. The molecule has 33 heavy (non-hydrogen) atoms. The minimum atomic E-state index is -1.16. The molecule has 1 heterocycles. The maximum Gasteiger partial charge on any atom is 0.411 e. The Morgan fingerprint density at radius 3 is 2.27 bits per heavy atom. The second-order valence-electron chi connectivity index (χ2n) is 8.68. The van der Waals surface area contributed by atoms with Gasteiger partial charge in [0.15, 0.2) is 0 Å². The van der Waals surface area contributed by atoms with E-state index in [1.807, 2.05) is 56.0 Å². The lowest BCUT2D eigenvalue weighted by molar-refractivity contribution is 0.0240. The number of aromatic carboxylic acids is 1. The highest BCUT2D eigenvalue weighted by molar-refractivity contribution is 5.99. The highest BCUT2D eigenvalue weighted by atomic mass is 16.6. The van der Waals surface area contributed by atoms with Crippen LogP contribution in [0, 0.1) is 0 Å². The van der Waals surface area contributed by atoms with Gasteiger partial charge in [-0.15, -0.1) is 0 Å². The molecule has 0 aromatic heterocycles. The number of hydrogen-bond donors (Lipinski definition) is 2. The Balaban J connectivity index is 1.64. The van der Waals surface area contributed by atoms with Gasteiger partial charge in [0.25, 0.3) is 0 Å². The largest absolute Gasteiger partial charge is 0.478 e. The molecule has 0 aliphatic carbocycles. The fraction of sp³-hybridized carbons (Fsp3) is 0.375. The van der Waals surface area contributed by atoms with Crippen molar-refractivity contribution in [3.05, 3.63) is 59.7 Å². The summed E-state index contributed by atoms with van der Waals surface area (Å²) in [5, 5.41) is 12.1. The fourth-order valence-corrected chi connectivity index (χ4v) is 3.36. The molecule has 0 bridgehead atoms. The van der Waals surface area contributed by atoms with Gasteiger partial charge in [-0.3, -0.25) is 5.32 Å². The van der Waals surface area contributed by atoms with Gasteiger partial charge >= 0.3 is 18.2 Å². The highest BCUT2D eigenvalue weighted by Crippen LogP contribution is 2.26. The summed E-state index contributed by atoms with van der Waals surface area (Å²) in [5.74, 6) is -1.16. The summed E-state index contributed by atoms with van der Waals surface area (Å²) < 4.78 is 10.6. The van der Waals surface area contributed by atoms with E-state index >= 15 is 0 Å². The molecule has 0 unspecified atom stereocenters. The number of amides is 2. The lowest BCUT2D eigenvalue weighted by atomic mass is 10.1. The number of carboxylic acids is 1. The molecule has 9 nitrogen and oxygen atoms in total. The number of ether oxygens (including phenoxy) is 2. The average Bonchev–Trinajstić information content (AvgIpc) is 2.77. The van der Waals surface area contributed by atoms with Crippen LogP contribution >= 0.6 is 0 Å². The quantitative estimate of drug-likeness (QED) is 0.696. The van der Waals surface area contributed by atoms with E-state index in [0.29, 0.717) is 26.2 Å². The Morgan fingerprint density at radius 1 is 1.00 bits per heavy atom. The first-order chi connectivity index (χ1) is 15.6. The first-order valence-corrected chi connectivity index (χ1v) is 10.7. The van der Waals surface area contributed by atoms with Crippen LogP contribution < -0.4 is 10.2 Å². The molecule has 176 valence electrons. The lowest BCUT2D eigenvalue weighted by Crippen LogP contribution is -2.50. The van der Waals surface area contributed by atoms with E-state index in [4.69, 9.17) is 9.47 Å². The molecule has 0 atom stereocenters. The van der Waals surface area contributed by atoms with Crippen LogP contribution in [0.2, 0.25) is 0 Å². The maximum absolute atomic E-state index is 12.3. The molecular weight excluding hydrogens is 426 g/mol. The predicted octanol–water partition coefficient (Wildman–Crippen LogP) is 4.19. The Hall–Kier alpha value is -3.75. The molecule has 0 radical (unpaired) electrons. The molecule has 1 aliphatic rings. The van der Waals surface area contributed by atoms with Gasteiger partial charge in [0.1, 0.15) is 12.2 Å². The van der Waals surface area contributed by atoms with Crippen molar-refractivity contribution in [2.24, 2.45) is 0 Å². The Labute approximate surface area is 192 Å². The second-order valence-corrected chi connectivity index (χ2v) is 8.68. The zero-order valence-electron chi connectivity index (χ0n) is 19.0. The van der Waals surface area contributed by atoms with E-state index in [1.165, 1.54) is 6.07 Å². The molecule has 0 saturated carbocycles. The number of carbonyl (C=O) groups excluding carboxylic acids is 2. The van der Waals surface area contributed by atoms with Crippen molar-refractivity contribution < 1.29 is 29.0 Å². The van der Waals surface area contributed by atoms with Crippen molar-refractivity contribution >= 4 is 29.5 Å². The van der Waals surface area contributed by atoms with Gasteiger partial charge in [0.05, 0.1) is 11.3 Å². The van der Waals surface area contributed by atoms with Crippen LogP contribution in [0.25, 0.3) is 0 Å². The van der Waals surface area contributed by atoms with Crippen LogP contribution in [0.3, 0.4) is 0 Å². The standard InChI is InChI=1S/C24H29N3O6/c1-24(2,3)33-23(31)27-13-11-26(12-14-27)18-9-10-19(21(28)29)20(15-18)25-22(30)32-16-17-7-5-4-6-8-17/h4-10,15H,11-14,16H2,1-3H3,(H,25,30)(H,28,29). The number of carbonyl (C=O) groups is 3. The fourth-order valence-electron chi connectivity index (χ4n) is 3.36. The van der Waals surface area contributed by atoms with Crippen molar-refractivity contribution in [2.75, 3.05) is 36.4 Å². The van der Waals surface area contributed by atoms with Gasteiger partial charge in [0, 0.05) is 31.9 Å². The number of nitrogens with zero attached hydrogens (tertiary/aromatic N) is 2. The second kappa shape index (κ2) is 10.2. The van der Waals surface area contributed by atoms with Crippen molar-refractivity contribution in [1.29, 1.82) is 0 Å². The molecular formula is C24H29N3O6. The van der Waals surface area contributed by atoms with E-state index in [9.17, 15) is 19.5 Å². The summed E-state index contributed by atoms with van der Waals surface area (Å²) in [6, 6.07) is 13.9. The molecule has 1 fully saturated rings. The summed E-state index contributed by atoms with van der Waals surface area (Å²) in [6.07, 6.45) is -1.10.